The Morgan fingerprint density at radius 2 is 1.72 bits per heavy atom. The second-order valence-corrected chi connectivity index (χ2v) is 3.58. The number of aliphatic carboxylic acids is 1. The van der Waals surface area contributed by atoms with Gasteiger partial charge in [0.05, 0.1) is 0 Å². The number of carbonyl (C=O) groups excluding carboxylic acids is 1. The van der Waals surface area contributed by atoms with Gasteiger partial charge in [0.25, 0.3) is 0 Å². The normalized spacial score (nSPS) is 14.1. The summed E-state index contributed by atoms with van der Waals surface area (Å²) in [7, 11) is 0. The predicted octanol–water partition coefficient (Wildman–Crippen LogP) is 1.94. The molecule has 0 heterocycles. The maximum atomic E-state index is 12.5. The lowest BCUT2D eigenvalue weighted by Gasteiger charge is -2.21. The Balaban J connectivity index is 4.75. The van der Waals surface area contributed by atoms with Gasteiger partial charge in [-0.15, -0.1) is 0 Å². The van der Waals surface area contributed by atoms with Crippen molar-refractivity contribution < 1.29 is 36.6 Å². The lowest BCUT2D eigenvalue weighted by Crippen LogP contribution is -2.54. The third-order valence-electron chi connectivity index (χ3n) is 2.09. The summed E-state index contributed by atoms with van der Waals surface area (Å²) < 4.78 is 60.6. The molecule has 0 aliphatic heterocycles. The van der Waals surface area contributed by atoms with E-state index in [0.717, 1.165) is 0 Å². The van der Waals surface area contributed by atoms with Crippen molar-refractivity contribution in [2.75, 3.05) is 0 Å². The highest BCUT2D eigenvalue weighted by atomic mass is 19.4. The van der Waals surface area contributed by atoms with Crippen LogP contribution in [0, 0.1) is 0 Å². The summed E-state index contributed by atoms with van der Waals surface area (Å²) in [5.74, 6) is -9.92. The highest BCUT2D eigenvalue weighted by Crippen LogP contribution is 2.35. The molecule has 106 valence electrons. The van der Waals surface area contributed by atoms with Crippen molar-refractivity contribution in [1.29, 1.82) is 0 Å². The van der Waals surface area contributed by atoms with E-state index in [1.54, 1.807) is 6.92 Å². The van der Waals surface area contributed by atoms with Crippen LogP contribution in [0.2, 0.25) is 0 Å². The molecule has 18 heavy (non-hydrogen) atoms. The van der Waals surface area contributed by atoms with Gasteiger partial charge in [0.2, 0.25) is 0 Å². The molecule has 0 aliphatic carbocycles. The summed E-state index contributed by atoms with van der Waals surface area (Å²) in [6.07, 6.45) is -5.49. The molecule has 0 saturated carbocycles. The highest BCUT2D eigenvalue weighted by molar-refractivity contribution is 5.88. The number of hydrogen-bond acceptors (Lipinski definition) is 2. The van der Waals surface area contributed by atoms with E-state index >= 15 is 0 Å². The zero-order chi connectivity index (χ0) is 14.6. The second-order valence-electron chi connectivity index (χ2n) is 3.58. The molecule has 0 spiro atoms. The van der Waals surface area contributed by atoms with Crippen molar-refractivity contribution in [3.05, 3.63) is 0 Å². The van der Waals surface area contributed by atoms with Crippen molar-refractivity contribution in [3.8, 4) is 0 Å². The van der Waals surface area contributed by atoms with E-state index in [-0.39, 0.29) is 12.8 Å². The average molecular weight is 277 g/mol. The molecular formula is C9H12F5NO3. The molecule has 0 aromatic rings. The van der Waals surface area contributed by atoms with Crippen LogP contribution in [0.5, 0.6) is 0 Å². The number of halogens is 5. The first kappa shape index (κ1) is 16.6. The Labute approximate surface area is 99.2 Å². The Morgan fingerprint density at radius 1 is 1.22 bits per heavy atom. The molecule has 1 atom stereocenters. The molecule has 0 radical (unpaired) electrons. The number of alkyl halides is 5. The van der Waals surface area contributed by atoms with E-state index in [9.17, 15) is 31.5 Å². The first-order chi connectivity index (χ1) is 8.04. The third-order valence-corrected chi connectivity index (χ3v) is 2.09. The largest absolute Gasteiger partial charge is 0.480 e. The van der Waals surface area contributed by atoms with Gasteiger partial charge in [-0.3, -0.25) is 4.79 Å². The Hall–Kier alpha value is -1.41. The van der Waals surface area contributed by atoms with Gasteiger partial charge in [-0.2, -0.15) is 22.0 Å². The first-order valence-corrected chi connectivity index (χ1v) is 5.02. The quantitative estimate of drug-likeness (QED) is 0.729. The van der Waals surface area contributed by atoms with Crippen LogP contribution in [0.15, 0.2) is 0 Å². The number of unbranched alkanes of at least 4 members (excludes halogenated alkanes) is 1. The summed E-state index contributed by atoms with van der Waals surface area (Å²) in [4.78, 5) is 21.3. The molecule has 0 aromatic carbocycles. The van der Waals surface area contributed by atoms with Gasteiger partial charge in [0, 0.05) is 0 Å². The summed E-state index contributed by atoms with van der Waals surface area (Å²) >= 11 is 0. The van der Waals surface area contributed by atoms with Gasteiger partial charge in [-0.05, 0) is 6.42 Å². The van der Waals surface area contributed by atoms with E-state index in [1.807, 2.05) is 0 Å². The minimum absolute atomic E-state index is 0.217. The van der Waals surface area contributed by atoms with Crippen molar-refractivity contribution in [3.63, 3.8) is 0 Å². The Kier molecular flexibility index (Phi) is 5.50. The fourth-order valence-electron chi connectivity index (χ4n) is 1.04. The van der Waals surface area contributed by atoms with Gasteiger partial charge in [-0.1, -0.05) is 19.8 Å². The molecule has 0 saturated heterocycles. The molecule has 0 fully saturated rings. The monoisotopic (exact) mass is 277 g/mol. The Morgan fingerprint density at radius 3 is 2.06 bits per heavy atom. The fraction of sp³-hybridized carbons (Fsp3) is 0.778. The lowest BCUT2D eigenvalue weighted by molar-refractivity contribution is -0.270. The van der Waals surface area contributed by atoms with E-state index in [2.05, 4.69) is 0 Å². The molecule has 9 heteroatoms. The second kappa shape index (κ2) is 5.96. The first-order valence-electron chi connectivity index (χ1n) is 5.02. The van der Waals surface area contributed by atoms with Gasteiger partial charge < -0.3 is 10.4 Å². The molecule has 0 aromatic heterocycles. The smallest absolute Gasteiger partial charge is 0.463 e. The van der Waals surface area contributed by atoms with Crippen LogP contribution in [-0.2, 0) is 9.59 Å². The third kappa shape index (κ3) is 4.11. The number of carboxylic acids is 1. The number of rotatable bonds is 6. The standard InChI is InChI=1S/C9H12F5NO3/c1-2-3-4-5(6(16)17)15-7(18)8(10,11)9(12,13)14/h5H,2-4H2,1H3,(H,15,18)(H,16,17)/t5-/m1/s1. The van der Waals surface area contributed by atoms with Crippen LogP contribution >= 0.6 is 0 Å². The molecular weight excluding hydrogens is 265 g/mol. The van der Waals surface area contributed by atoms with Crippen LogP contribution in [0.3, 0.4) is 0 Å². The summed E-state index contributed by atoms with van der Waals surface area (Å²) in [5, 5.41) is 9.77. The Bertz CT molecular complexity index is 316. The van der Waals surface area contributed by atoms with Crippen molar-refractivity contribution in [2.45, 2.75) is 44.3 Å². The fourth-order valence-corrected chi connectivity index (χ4v) is 1.04. The topological polar surface area (TPSA) is 66.4 Å². The van der Waals surface area contributed by atoms with Crippen LogP contribution in [0.25, 0.3) is 0 Å². The maximum Gasteiger partial charge on any atom is 0.463 e. The SMILES string of the molecule is CCCC[C@@H](NC(=O)C(F)(F)C(F)(F)F)C(=O)O. The van der Waals surface area contributed by atoms with Crippen LogP contribution < -0.4 is 5.32 Å². The molecule has 1 amide bonds. The van der Waals surface area contributed by atoms with Crippen molar-refractivity contribution >= 4 is 11.9 Å². The molecule has 0 bridgehead atoms. The van der Waals surface area contributed by atoms with Gasteiger partial charge in [0.1, 0.15) is 6.04 Å². The molecule has 0 rings (SSSR count). The maximum absolute atomic E-state index is 12.5. The van der Waals surface area contributed by atoms with Gasteiger partial charge >= 0.3 is 24.0 Å². The summed E-state index contributed by atoms with van der Waals surface area (Å²) in [5.41, 5.74) is 0. The summed E-state index contributed by atoms with van der Waals surface area (Å²) in [6.45, 7) is 1.67. The van der Waals surface area contributed by atoms with E-state index in [0.29, 0.717) is 6.42 Å². The van der Waals surface area contributed by atoms with Crippen molar-refractivity contribution in [2.24, 2.45) is 0 Å². The van der Waals surface area contributed by atoms with Gasteiger partial charge in [0.15, 0.2) is 0 Å². The minimum atomic E-state index is -6.05. The highest BCUT2D eigenvalue weighted by Gasteiger charge is 2.63. The van der Waals surface area contributed by atoms with Gasteiger partial charge in [-0.25, -0.2) is 4.79 Å². The molecule has 2 N–H and O–H groups in total. The number of carbonyl (C=O) groups is 2. The van der Waals surface area contributed by atoms with Crippen LogP contribution in [0.4, 0.5) is 22.0 Å². The van der Waals surface area contributed by atoms with Crippen LogP contribution in [-0.4, -0.2) is 35.1 Å². The minimum Gasteiger partial charge on any atom is -0.480 e. The summed E-state index contributed by atoms with van der Waals surface area (Å²) in [6, 6.07) is -1.76. The average Bonchev–Trinajstić information content (AvgIpc) is 2.21. The zero-order valence-electron chi connectivity index (χ0n) is 9.35. The van der Waals surface area contributed by atoms with E-state index < -0.39 is 30.0 Å². The van der Waals surface area contributed by atoms with Crippen molar-refractivity contribution in [1.82, 2.24) is 5.32 Å². The van der Waals surface area contributed by atoms with Crippen LogP contribution in [0.1, 0.15) is 26.2 Å². The lowest BCUT2D eigenvalue weighted by atomic mass is 10.1. The zero-order valence-corrected chi connectivity index (χ0v) is 9.35. The predicted molar refractivity (Wildman–Crippen MR) is 50.1 cm³/mol. The number of carboxylic acid groups (broad SMARTS) is 1. The molecule has 0 unspecified atom stereocenters. The molecule has 4 nitrogen and oxygen atoms in total. The number of amides is 1. The number of hydrogen-bond donors (Lipinski definition) is 2. The van der Waals surface area contributed by atoms with E-state index in [1.165, 1.54) is 5.32 Å². The molecule has 0 aliphatic rings. The number of nitrogens with one attached hydrogen (secondary N) is 1. The van der Waals surface area contributed by atoms with E-state index in [4.69, 9.17) is 5.11 Å².